The van der Waals surface area contributed by atoms with Crippen LogP contribution in [-0.2, 0) is 19.4 Å². The van der Waals surface area contributed by atoms with E-state index in [9.17, 15) is 31.1 Å². The lowest BCUT2D eigenvalue weighted by molar-refractivity contribution is -0.162. The Morgan fingerprint density at radius 1 is 0.944 bits per heavy atom. The molecule has 0 fully saturated rings. The summed E-state index contributed by atoms with van der Waals surface area (Å²) in [7, 11) is 0.942. The molecule has 104 valence electrons. The van der Waals surface area contributed by atoms with Crippen molar-refractivity contribution in [1.82, 2.24) is 4.57 Å². The smallest absolute Gasteiger partial charge is 0.318 e. The number of rotatable bonds is 0. The number of hydrogen-bond donors (Lipinski definition) is 0. The summed E-state index contributed by atoms with van der Waals surface area (Å²) in [4.78, 5) is 10.9. The maximum absolute atomic E-state index is 12.3. The predicted molar refractivity (Wildman–Crippen MR) is 53.0 cm³/mol. The maximum atomic E-state index is 12.3. The van der Waals surface area contributed by atoms with Crippen LogP contribution in [0.15, 0.2) is 17.1 Å². The highest BCUT2D eigenvalue weighted by Gasteiger charge is 2.43. The number of pyridine rings is 1. The van der Waals surface area contributed by atoms with E-state index in [1.165, 1.54) is 0 Å². The third kappa shape index (κ3) is 3.78. The van der Waals surface area contributed by atoms with Gasteiger partial charge >= 0.3 is 12.4 Å². The molecule has 0 aliphatic rings. The van der Waals surface area contributed by atoms with Gasteiger partial charge in [0.05, 0.1) is 11.1 Å². The lowest BCUT2D eigenvalue weighted by Gasteiger charge is -2.15. The number of alkyl halides is 6. The van der Waals surface area contributed by atoms with Crippen LogP contribution in [0.4, 0.5) is 26.3 Å². The summed E-state index contributed by atoms with van der Waals surface area (Å²) in [5.41, 5.74) is -4.99. The number of aryl methyl sites for hydroxylation is 1. The average Bonchev–Trinajstić information content (AvgIpc) is 2.21. The molecule has 1 heterocycles. The molecule has 0 saturated carbocycles. The van der Waals surface area contributed by atoms with Crippen molar-refractivity contribution in [1.29, 1.82) is 0 Å². The second-order valence-electron chi connectivity index (χ2n) is 3.05. The Bertz CT molecular complexity index is 457. The van der Waals surface area contributed by atoms with Crippen LogP contribution in [0.25, 0.3) is 0 Å². The molecule has 0 spiro atoms. The van der Waals surface area contributed by atoms with Crippen LogP contribution in [0.3, 0.4) is 0 Å². The summed E-state index contributed by atoms with van der Waals surface area (Å²) < 4.78 is 74.0. The highest BCUT2D eigenvalue weighted by Crippen LogP contribution is 2.39. The second kappa shape index (κ2) is 5.45. The third-order valence-electron chi connectivity index (χ3n) is 1.84. The van der Waals surface area contributed by atoms with Crippen molar-refractivity contribution in [2.24, 2.45) is 7.05 Å². The minimum Gasteiger partial charge on any atom is -0.318 e. The van der Waals surface area contributed by atoms with Crippen molar-refractivity contribution in [3.8, 4) is 0 Å². The Kier molecular flexibility index (Phi) is 5.00. The van der Waals surface area contributed by atoms with Gasteiger partial charge in [0.1, 0.15) is 0 Å². The lowest BCUT2D eigenvalue weighted by Crippen LogP contribution is -2.25. The van der Waals surface area contributed by atoms with Crippen molar-refractivity contribution >= 4 is 0 Å². The first-order chi connectivity index (χ1) is 8.03. The molecule has 0 bridgehead atoms. The molecule has 1 rings (SSSR count). The Balaban J connectivity index is 0.00000137. The van der Waals surface area contributed by atoms with Gasteiger partial charge < -0.3 is 4.57 Å². The zero-order chi connectivity index (χ0) is 14.7. The first-order valence-electron chi connectivity index (χ1n) is 4.88. The molecule has 0 aliphatic heterocycles. The molecule has 0 aromatic carbocycles. The van der Waals surface area contributed by atoms with Crippen molar-refractivity contribution in [3.05, 3.63) is 33.7 Å². The van der Waals surface area contributed by atoms with Gasteiger partial charge in [-0.1, -0.05) is 13.8 Å². The molecule has 0 radical (unpaired) electrons. The van der Waals surface area contributed by atoms with Gasteiger partial charge in [0.2, 0.25) is 0 Å². The SMILES string of the molecule is CC.Cn1cc(C(F)(F)F)c(C(F)(F)F)cc1=O. The molecule has 18 heavy (non-hydrogen) atoms. The molecule has 0 atom stereocenters. The molecule has 2 nitrogen and oxygen atoms in total. The molecule has 8 heteroatoms. The fourth-order valence-electron chi connectivity index (χ4n) is 1.09. The molecule has 1 aromatic rings. The minimum atomic E-state index is -5.21. The zero-order valence-electron chi connectivity index (χ0n) is 9.78. The predicted octanol–water partition coefficient (Wildman–Crippen LogP) is 3.45. The highest BCUT2D eigenvalue weighted by molar-refractivity contribution is 5.29. The van der Waals surface area contributed by atoms with Crippen LogP contribution in [0, 0.1) is 0 Å². The van der Waals surface area contributed by atoms with E-state index in [0.29, 0.717) is 4.57 Å². The minimum absolute atomic E-state index is 0.0666. The Hall–Kier alpha value is -1.47. The summed E-state index contributed by atoms with van der Waals surface area (Å²) in [6.45, 7) is 4.00. The summed E-state index contributed by atoms with van der Waals surface area (Å²) in [5.74, 6) is 0. The van der Waals surface area contributed by atoms with Gasteiger partial charge in [-0.2, -0.15) is 26.3 Å². The Labute approximate surface area is 98.8 Å². The Morgan fingerprint density at radius 3 is 1.67 bits per heavy atom. The fraction of sp³-hybridized carbons (Fsp3) is 0.500. The monoisotopic (exact) mass is 275 g/mol. The van der Waals surface area contributed by atoms with Crippen molar-refractivity contribution < 1.29 is 26.3 Å². The first kappa shape index (κ1) is 16.5. The molecule has 0 amide bonds. The van der Waals surface area contributed by atoms with Gasteiger partial charge in [-0.25, -0.2) is 0 Å². The molecular formula is C10H11F6NO. The number of aromatic nitrogens is 1. The number of halogens is 6. The molecule has 0 aliphatic carbocycles. The summed E-state index contributed by atoms with van der Waals surface area (Å²) in [6, 6.07) is -0.0666. The largest absolute Gasteiger partial charge is 0.418 e. The quantitative estimate of drug-likeness (QED) is 0.665. The molecule has 0 saturated heterocycles. The van der Waals surface area contributed by atoms with E-state index in [2.05, 4.69) is 0 Å². The van der Waals surface area contributed by atoms with Crippen LogP contribution in [0.2, 0.25) is 0 Å². The standard InChI is InChI=1S/C8H5F6NO.C2H6/c1-15-3-5(8(12,13)14)4(2-6(15)16)7(9,10)11;1-2/h2-3H,1H3;1-2H3. The van der Waals surface area contributed by atoms with Crippen molar-refractivity contribution in [2.75, 3.05) is 0 Å². The maximum Gasteiger partial charge on any atom is 0.418 e. The number of nitrogens with zero attached hydrogens (tertiary/aromatic N) is 1. The third-order valence-corrected chi connectivity index (χ3v) is 1.84. The molecule has 1 aromatic heterocycles. The fourth-order valence-corrected chi connectivity index (χ4v) is 1.09. The first-order valence-corrected chi connectivity index (χ1v) is 4.88. The van der Waals surface area contributed by atoms with Gasteiger partial charge in [-0.15, -0.1) is 0 Å². The van der Waals surface area contributed by atoms with Crippen LogP contribution >= 0.6 is 0 Å². The highest BCUT2D eigenvalue weighted by atomic mass is 19.4. The van der Waals surface area contributed by atoms with Crippen LogP contribution in [0.1, 0.15) is 25.0 Å². The van der Waals surface area contributed by atoms with Gasteiger partial charge in [0.15, 0.2) is 0 Å². The van der Waals surface area contributed by atoms with Crippen molar-refractivity contribution in [3.63, 3.8) is 0 Å². The molecule has 0 unspecified atom stereocenters. The van der Waals surface area contributed by atoms with E-state index in [-0.39, 0.29) is 12.3 Å². The van der Waals surface area contributed by atoms with E-state index in [1.54, 1.807) is 0 Å². The normalized spacial score (nSPS) is 11.8. The number of hydrogen-bond acceptors (Lipinski definition) is 1. The Morgan fingerprint density at radius 2 is 1.33 bits per heavy atom. The van der Waals surface area contributed by atoms with E-state index >= 15 is 0 Å². The van der Waals surface area contributed by atoms with E-state index in [4.69, 9.17) is 0 Å². The van der Waals surface area contributed by atoms with Crippen LogP contribution in [0.5, 0.6) is 0 Å². The topological polar surface area (TPSA) is 22.0 Å². The van der Waals surface area contributed by atoms with Crippen molar-refractivity contribution in [2.45, 2.75) is 26.2 Å². The lowest BCUT2D eigenvalue weighted by atomic mass is 10.1. The summed E-state index contributed by atoms with van der Waals surface area (Å²) in [6.07, 6.45) is -10.2. The van der Waals surface area contributed by atoms with Gasteiger partial charge in [-0.05, 0) is 0 Å². The second-order valence-corrected chi connectivity index (χ2v) is 3.05. The van der Waals surface area contributed by atoms with E-state index in [1.807, 2.05) is 13.8 Å². The molecule has 0 N–H and O–H groups in total. The zero-order valence-corrected chi connectivity index (χ0v) is 9.78. The van der Waals surface area contributed by atoms with E-state index < -0.39 is 29.0 Å². The molecular weight excluding hydrogens is 264 g/mol. The van der Waals surface area contributed by atoms with Crippen LogP contribution in [-0.4, -0.2) is 4.57 Å². The summed E-state index contributed by atoms with van der Waals surface area (Å²) >= 11 is 0. The van der Waals surface area contributed by atoms with Gasteiger partial charge in [-0.3, -0.25) is 4.79 Å². The summed E-state index contributed by atoms with van der Waals surface area (Å²) in [5, 5.41) is 0. The van der Waals surface area contributed by atoms with Gasteiger partial charge in [0, 0.05) is 19.3 Å². The average molecular weight is 275 g/mol. The van der Waals surface area contributed by atoms with Crippen LogP contribution < -0.4 is 5.56 Å². The van der Waals surface area contributed by atoms with E-state index in [0.717, 1.165) is 7.05 Å². The van der Waals surface area contributed by atoms with Gasteiger partial charge in [0.25, 0.3) is 5.56 Å².